The van der Waals surface area contributed by atoms with Crippen molar-refractivity contribution >= 4 is 40.7 Å². The highest BCUT2D eigenvalue weighted by Crippen LogP contribution is 2.58. The van der Waals surface area contributed by atoms with Crippen LogP contribution >= 0.6 is 11.6 Å². The lowest BCUT2D eigenvalue weighted by molar-refractivity contribution is -0.127. The molecule has 3 aliphatic rings. The van der Waals surface area contributed by atoms with Gasteiger partial charge in [-0.2, -0.15) is 0 Å². The molecule has 7 heteroatoms. The third kappa shape index (κ3) is 2.75. The van der Waals surface area contributed by atoms with E-state index in [1.807, 2.05) is 19.9 Å². The Hall–Kier alpha value is -3.61. The Balaban J connectivity index is 1.56. The molecule has 2 fully saturated rings. The van der Waals surface area contributed by atoms with Crippen LogP contribution < -0.4 is 4.90 Å². The third-order valence-electron chi connectivity index (χ3n) is 7.53. The summed E-state index contributed by atoms with van der Waals surface area (Å²) in [6, 6.07) is 18.5. The molecule has 1 aliphatic carbocycles. The van der Waals surface area contributed by atoms with Gasteiger partial charge in [0.1, 0.15) is 0 Å². The molecule has 2 saturated heterocycles. The van der Waals surface area contributed by atoms with Gasteiger partial charge in [-0.3, -0.25) is 19.2 Å². The van der Waals surface area contributed by atoms with E-state index in [1.165, 1.54) is 0 Å². The fourth-order valence-corrected chi connectivity index (χ4v) is 5.81. The van der Waals surface area contributed by atoms with Gasteiger partial charge in [-0.15, -0.1) is 0 Å². The van der Waals surface area contributed by atoms with Crippen molar-refractivity contribution in [1.82, 2.24) is 0 Å². The van der Waals surface area contributed by atoms with Crippen molar-refractivity contribution < 1.29 is 23.9 Å². The molecule has 174 valence electrons. The zero-order valence-corrected chi connectivity index (χ0v) is 19.7. The smallest absolute Gasteiger partial charge is 0.241 e. The van der Waals surface area contributed by atoms with Crippen LogP contribution in [0.15, 0.2) is 66.7 Å². The number of imide groups is 1. The van der Waals surface area contributed by atoms with Crippen molar-refractivity contribution in [3.8, 4) is 0 Å². The molecule has 0 aromatic heterocycles. The summed E-state index contributed by atoms with van der Waals surface area (Å²) in [5, 5.41) is 0.490. The topological polar surface area (TPSA) is 80.8 Å². The first kappa shape index (κ1) is 21.9. The summed E-state index contributed by atoms with van der Waals surface area (Å²) in [7, 11) is 0. The van der Waals surface area contributed by atoms with Crippen LogP contribution in [0.1, 0.15) is 43.5 Å². The van der Waals surface area contributed by atoms with Crippen molar-refractivity contribution in [3.05, 3.63) is 99.6 Å². The van der Waals surface area contributed by atoms with Crippen LogP contribution in [-0.4, -0.2) is 29.0 Å². The molecule has 6 rings (SSSR count). The van der Waals surface area contributed by atoms with Crippen molar-refractivity contribution in [2.45, 2.75) is 25.6 Å². The molecule has 0 bridgehead atoms. The van der Waals surface area contributed by atoms with E-state index in [2.05, 4.69) is 0 Å². The minimum Gasteiger partial charge on any atom is -0.349 e. The molecule has 0 unspecified atom stereocenters. The lowest BCUT2D eigenvalue weighted by Gasteiger charge is -2.28. The van der Waals surface area contributed by atoms with Gasteiger partial charge in [0.15, 0.2) is 0 Å². The molecular weight excluding hydrogens is 466 g/mol. The molecular formula is C28H20ClNO5. The molecule has 0 N–H and O–H groups in total. The maximum absolute atomic E-state index is 14.0. The Labute approximate surface area is 206 Å². The van der Waals surface area contributed by atoms with Gasteiger partial charge in [0.2, 0.25) is 29.0 Å². The van der Waals surface area contributed by atoms with Gasteiger partial charge in [0.05, 0.1) is 23.6 Å². The zero-order valence-electron chi connectivity index (χ0n) is 18.9. The summed E-state index contributed by atoms with van der Waals surface area (Å²) >= 11 is 6.07. The molecule has 0 saturated carbocycles. The summed E-state index contributed by atoms with van der Waals surface area (Å²) < 4.78 is 6.28. The molecule has 3 aromatic rings. The van der Waals surface area contributed by atoms with Crippen molar-refractivity contribution in [2.24, 2.45) is 11.8 Å². The number of hydrogen-bond donors (Lipinski definition) is 0. The summed E-state index contributed by atoms with van der Waals surface area (Å²) in [6.45, 7) is 3.73. The van der Waals surface area contributed by atoms with Crippen LogP contribution in [0.5, 0.6) is 0 Å². The highest BCUT2D eigenvalue weighted by Gasteiger charge is 2.74. The van der Waals surface area contributed by atoms with Gasteiger partial charge in [-0.1, -0.05) is 60.1 Å². The fraction of sp³-hybridized carbons (Fsp3) is 0.214. The largest absolute Gasteiger partial charge is 0.349 e. The van der Waals surface area contributed by atoms with Crippen molar-refractivity contribution in [3.63, 3.8) is 0 Å². The molecule has 2 aliphatic heterocycles. The van der Waals surface area contributed by atoms with Crippen LogP contribution in [0.4, 0.5) is 5.69 Å². The van der Waals surface area contributed by atoms with Crippen LogP contribution in [-0.2, 0) is 14.3 Å². The molecule has 1 spiro atoms. The number of nitrogens with zero attached hydrogens (tertiary/aromatic N) is 1. The number of Topliss-reactive ketones (excluding diaryl/α,β-unsaturated/α-hetero) is 2. The normalized spacial score (nSPS) is 24.4. The minimum atomic E-state index is -2.09. The minimum absolute atomic E-state index is 0.207. The number of aryl methyl sites for hydroxylation is 1. The second-order valence-electron chi connectivity index (χ2n) is 9.26. The quantitative estimate of drug-likeness (QED) is 0.390. The predicted octanol–water partition coefficient (Wildman–Crippen LogP) is 4.65. The first-order valence-corrected chi connectivity index (χ1v) is 11.7. The number of amides is 2. The number of fused-ring (bicyclic) bond motifs is 3. The van der Waals surface area contributed by atoms with E-state index >= 15 is 0 Å². The summed E-state index contributed by atoms with van der Waals surface area (Å²) in [5.74, 6) is -4.54. The van der Waals surface area contributed by atoms with Crippen LogP contribution in [0.25, 0.3) is 0 Å². The number of ether oxygens (including phenoxy) is 1. The van der Waals surface area contributed by atoms with E-state index < -0.39 is 46.9 Å². The SMILES string of the molecule is Cc1cccc(N2C(=O)[C@H]3[C@@H](c4ccc(Cl)cc4)OC4(C(=O)c5ccccc5C4=O)[C@@H]3C2=O)c1C. The third-order valence-corrected chi connectivity index (χ3v) is 7.79. The number of hydrogen-bond acceptors (Lipinski definition) is 5. The summed E-state index contributed by atoms with van der Waals surface area (Å²) in [6.07, 6.45) is -0.967. The Kier molecular flexibility index (Phi) is 4.66. The molecule has 6 nitrogen and oxygen atoms in total. The number of ketones is 2. The maximum atomic E-state index is 14.0. The van der Waals surface area contributed by atoms with E-state index in [0.717, 1.165) is 16.0 Å². The highest BCUT2D eigenvalue weighted by molar-refractivity contribution is 6.37. The Morgan fingerprint density at radius 2 is 1.43 bits per heavy atom. The lowest BCUT2D eigenvalue weighted by Crippen LogP contribution is -2.51. The number of halogens is 1. The highest BCUT2D eigenvalue weighted by atomic mass is 35.5. The molecule has 0 radical (unpaired) electrons. The number of carbonyl (C=O) groups is 4. The van der Waals surface area contributed by atoms with E-state index in [9.17, 15) is 19.2 Å². The number of anilines is 1. The van der Waals surface area contributed by atoms with E-state index in [1.54, 1.807) is 60.7 Å². The maximum Gasteiger partial charge on any atom is 0.241 e. The molecule has 2 heterocycles. The second-order valence-corrected chi connectivity index (χ2v) is 9.70. The summed E-state index contributed by atoms with van der Waals surface area (Å²) in [4.78, 5) is 56.6. The van der Waals surface area contributed by atoms with Gasteiger partial charge in [0, 0.05) is 16.1 Å². The Morgan fingerprint density at radius 3 is 2.06 bits per heavy atom. The van der Waals surface area contributed by atoms with Crippen molar-refractivity contribution in [2.75, 3.05) is 4.90 Å². The summed E-state index contributed by atoms with van der Waals surface area (Å²) in [5.41, 5.74) is 1.05. The van der Waals surface area contributed by atoms with Crippen LogP contribution in [0.3, 0.4) is 0 Å². The first-order valence-electron chi connectivity index (χ1n) is 11.3. The van der Waals surface area contributed by atoms with Crippen molar-refractivity contribution in [1.29, 1.82) is 0 Å². The number of benzene rings is 3. The van der Waals surface area contributed by atoms with E-state index in [4.69, 9.17) is 16.3 Å². The fourth-order valence-electron chi connectivity index (χ4n) is 5.69. The van der Waals surface area contributed by atoms with E-state index in [0.29, 0.717) is 16.3 Å². The molecule has 3 atom stereocenters. The predicted molar refractivity (Wildman–Crippen MR) is 129 cm³/mol. The molecule has 2 amide bonds. The Morgan fingerprint density at radius 1 is 0.800 bits per heavy atom. The van der Waals surface area contributed by atoms with Crippen LogP contribution in [0.2, 0.25) is 5.02 Å². The molecule has 3 aromatic carbocycles. The van der Waals surface area contributed by atoms with E-state index in [-0.39, 0.29) is 11.1 Å². The Bertz CT molecular complexity index is 1430. The standard InChI is InChI=1S/C28H20ClNO5/c1-14-6-5-9-20(15(14)2)30-26(33)21-22(27(30)34)28(35-23(21)16-10-12-17(29)13-11-16)24(31)18-7-3-4-8-19(18)25(28)32/h3-13,21-23H,1-2H3/t21-,22+,23-/m1/s1. The lowest BCUT2D eigenvalue weighted by atomic mass is 9.77. The van der Waals surface area contributed by atoms with Gasteiger partial charge in [-0.25, -0.2) is 4.90 Å². The van der Waals surface area contributed by atoms with Gasteiger partial charge in [-0.05, 0) is 48.7 Å². The molecule has 35 heavy (non-hydrogen) atoms. The number of rotatable bonds is 2. The van der Waals surface area contributed by atoms with Gasteiger partial charge in [0.25, 0.3) is 0 Å². The zero-order chi connectivity index (χ0) is 24.6. The van der Waals surface area contributed by atoms with Crippen LogP contribution in [0, 0.1) is 25.7 Å². The number of carbonyl (C=O) groups excluding carboxylic acids is 4. The second kappa shape index (κ2) is 7.44. The average Bonchev–Trinajstić information content (AvgIpc) is 3.42. The van der Waals surface area contributed by atoms with Gasteiger partial charge < -0.3 is 4.74 Å². The average molecular weight is 486 g/mol. The van der Waals surface area contributed by atoms with Gasteiger partial charge >= 0.3 is 0 Å². The monoisotopic (exact) mass is 485 g/mol. The first-order chi connectivity index (χ1) is 16.8.